The van der Waals surface area contributed by atoms with E-state index in [0.717, 1.165) is 36.5 Å². The van der Waals surface area contributed by atoms with Gasteiger partial charge < -0.3 is 10.2 Å². The summed E-state index contributed by atoms with van der Waals surface area (Å²) in [5, 5.41) is 11.3. The lowest BCUT2D eigenvalue weighted by Crippen LogP contribution is -2.28. The van der Waals surface area contributed by atoms with E-state index in [4.69, 9.17) is 4.98 Å². The molecule has 108 valence electrons. The Bertz CT molecular complexity index is 556. The third-order valence-electron chi connectivity index (χ3n) is 3.78. The Morgan fingerprint density at radius 2 is 1.90 bits per heavy atom. The molecular weight excluding hydrogens is 252 g/mol. The van der Waals surface area contributed by atoms with E-state index in [2.05, 4.69) is 32.3 Å². The molecular formula is C14H22N6. The van der Waals surface area contributed by atoms with Crippen molar-refractivity contribution in [3.8, 4) is 0 Å². The number of nitrogens with one attached hydrogen (secondary N) is 2. The average Bonchev–Trinajstić information content (AvgIpc) is 2.86. The van der Waals surface area contributed by atoms with Crippen molar-refractivity contribution in [2.24, 2.45) is 0 Å². The predicted molar refractivity (Wildman–Crippen MR) is 81.1 cm³/mol. The van der Waals surface area contributed by atoms with Crippen molar-refractivity contribution in [3.63, 3.8) is 0 Å². The molecule has 2 N–H and O–H groups in total. The molecule has 20 heavy (non-hydrogen) atoms. The first kappa shape index (κ1) is 13.1. The standard InChI is InChI=1S/C14H22N6/c1-2-15-14-17-12-11(10-16-19-12)13(18-14)20-8-6-4-3-5-7-9-20/h10H,2-9H2,1H3,(H2,15,16,17,18,19). The number of aromatic nitrogens is 4. The Hall–Kier alpha value is -1.85. The van der Waals surface area contributed by atoms with Crippen molar-refractivity contribution in [2.75, 3.05) is 29.9 Å². The average molecular weight is 274 g/mol. The van der Waals surface area contributed by atoms with Gasteiger partial charge in [-0.3, -0.25) is 5.10 Å². The van der Waals surface area contributed by atoms with E-state index < -0.39 is 0 Å². The Balaban J connectivity index is 1.96. The summed E-state index contributed by atoms with van der Waals surface area (Å²) >= 11 is 0. The van der Waals surface area contributed by atoms with Crippen LogP contribution in [-0.2, 0) is 0 Å². The highest BCUT2D eigenvalue weighted by Gasteiger charge is 2.16. The molecule has 0 aliphatic carbocycles. The number of nitrogens with zero attached hydrogens (tertiary/aromatic N) is 4. The number of hydrogen-bond acceptors (Lipinski definition) is 5. The maximum atomic E-state index is 4.70. The summed E-state index contributed by atoms with van der Waals surface area (Å²) in [6, 6.07) is 0. The molecule has 0 bridgehead atoms. The SMILES string of the molecule is CCNc1nc(N2CCCCCCC2)c2cn[nH]c2n1. The number of anilines is 2. The van der Waals surface area contributed by atoms with Crippen LogP contribution in [0, 0.1) is 0 Å². The summed E-state index contributed by atoms with van der Waals surface area (Å²) in [7, 11) is 0. The van der Waals surface area contributed by atoms with Gasteiger partial charge in [-0.2, -0.15) is 15.1 Å². The molecule has 3 heterocycles. The lowest BCUT2D eigenvalue weighted by Gasteiger charge is -2.26. The molecule has 0 radical (unpaired) electrons. The molecule has 6 nitrogen and oxygen atoms in total. The van der Waals surface area contributed by atoms with Crippen LogP contribution in [0.15, 0.2) is 6.20 Å². The molecule has 0 atom stereocenters. The van der Waals surface area contributed by atoms with Gasteiger partial charge in [0.05, 0.1) is 11.6 Å². The molecule has 0 spiro atoms. The maximum Gasteiger partial charge on any atom is 0.226 e. The van der Waals surface area contributed by atoms with Gasteiger partial charge in [0.25, 0.3) is 0 Å². The van der Waals surface area contributed by atoms with E-state index in [0.29, 0.717) is 5.95 Å². The number of hydrogen-bond donors (Lipinski definition) is 2. The van der Waals surface area contributed by atoms with Gasteiger partial charge >= 0.3 is 0 Å². The molecule has 2 aromatic rings. The molecule has 0 saturated carbocycles. The van der Waals surface area contributed by atoms with Crippen molar-refractivity contribution in [3.05, 3.63) is 6.20 Å². The minimum atomic E-state index is 0.682. The minimum absolute atomic E-state index is 0.682. The van der Waals surface area contributed by atoms with Crippen LogP contribution in [0.25, 0.3) is 11.0 Å². The van der Waals surface area contributed by atoms with Gasteiger partial charge in [-0.15, -0.1) is 0 Å². The molecule has 0 aromatic carbocycles. The summed E-state index contributed by atoms with van der Waals surface area (Å²) < 4.78 is 0. The van der Waals surface area contributed by atoms with E-state index in [1.165, 1.54) is 32.1 Å². The lowest BCUT2D eigenvalue weighted by atomic mass is 10.1. The third-order valence-corrected chi connectivity index (χ3v) is 3.78. The predicted octanol–water partition coefficient (Wildman–Crippen LogP) is 2.56. The topological polar surface area (TPSA) is 69.7 Å². The summed E-state index contributed by atoms with van der Waals surface area (Å²) in [4.78, 5) is 11.5. The highest BCUT2D eigenvalue weighted by molar-refractivity contribution is 5.87. The second-order valence-electron chi connectivity index (χ2n) is 5.29. The normalized spacial score (nSPS) is 16.9. The van der Waals surface area contributed by atoms with Crippen LogP contribution in [0.5, 0.6) is 0 Å². The summed E-state index contributed by atoms with van der Waals surface area (Å²) in [6.45, 7) is 5.01. The second-order valence-corrected chi connectivity index (χ2v) is 5.29. The highest BCUT2D eigenvalue weighted by atomic mass is 15.3. The van der Waals surface area contributed by atoms with Gasteiger partial charge in [-0.25, -0.2) is 0 Å². The van der Waals surface area contributed by atoms with Crippen molar-refractivity contribution < 1.29 is 0 Å². The van der Waals surface area contributed by atoms with E-state index >= 15 is 0 Å². The summed E-state index contributed by atoms with van der Waals surface area (Å²) in [5.41, 5.74) is 0.813. The number of H-pyrrole nitrogens is 1. The zero-order valence-electron chi connectivity index (χ0n) is 12.0. The Morgan fingerprint density at radius 3 is 2.65 bits per heavy atom. The molecule has 1 aliphatic rings. The maximum absolute atomic E-state index is 4.70. The molecule has 0 unspecified atom stereocenters. The van der Waals surface area contributed by atoms with E-state index in [1.54, 1.807) is 0 Å². The first-order valence-corrected chi connectivity index (χ1v) is 7.58. The molecule has 1 saturated heterocycles. The van der Waals surface area contributed by atoms with Gasteiger partial charge in [-0.1, -0.05) is 19.3 Å². The van der Waals surface area contributed by atoms with Gasteiger partial charge in [0.1, 0.15) is 5.82 Å². The summed E-state index contributed by atoms with van der Waals surface area (Å²) in [6.07, 6.45) is 8.30. The van der Waals surface area contributed by atoms with Gasteiger partial charge in [0.15, 0.2) is 5.65 Å². The van der Waals surface area contributed by atoms with Crippen molar-refractivity contribution in [1.82, 2.24) is 20.2 Å². The molecule has 1 aliphatic heterocycles. The van der Waals surface area contributed by atoms with Crippen molar-refractivity contribution in [1.29, 1.82) is 0 Å². The number of rotatable bonds is 3. The Morgan fingerprint density at radius 1 is 1.15 bits per heavy atom. The molecule has 6 heteroatoms. The highest BCUT2D eigenvalue weighted by Crippen LogP contribution is 2.25. The third kappa shape index (κ3) is 2.69. The fourth-order valence-electron chi connectivity index (χ4n) is 2.76. The molecule has 2 aromatic heterocycles. The van der Waals surface area contributed by atoms with E-state index in [9.17, 15) is 0 Å². The fourth-order valence-corrected chi connectivity index (χ4v) is 2.76. The zero-order valence-corrected chi connectivity index (χ0v) is 12.0. The lowest BCUT2D eigenvalue weighted by molar-refractivity contribution is 0.554. The van der Waals surface area contributed by atoms with Crippen LogP contribution < -0.4 is 10.2 Å². The van der Waals surface area contributed by atoms with Crippen LogP contribution in [-0.4, -0.2) is 39.8 Å². The minimum Gasteiger partial charge on any atom is -0.356 e. The van der Waals surface area contributed by atoms with Crippen LogP contribution in [0.3, 0.4) is 0 Å². The van der Waals surface area contributed by atoms with Gasteiger partial charge in [-0.05, 0) is 19.8 Å². The van der Waals surface area contributed by atoms with Crippen LogP contribution in [0.2, 0.25) is 0 Å². The smallest absolute Gasteiger partial charge is 0.226 e. The quantitative estimate of drug-likeness (QED) is 0.900. The van der Waals surface area contributed by atoms with Crippen LogP contribution in [0.4, 0.5) is 11.8 Å². The van der Waals surface area contributed by atoms with Gasteiger partial charge in [0, 0.05) is 19.6 Å². The van der Waals surface area contributed by atoms with E-state index in [1.807, 2.05) is 6.20 Å². The van der Waals surface area contributed by atoms with Gasteiger partial charge in [0.2, 0.25) is 5.95 Å². The first-order valence-electron chi connectivity index (χ1n) is 7.58. The Labute approximate surface area is 119 Å². The van der Waals surface area contributed by atoms with Crippen LogP contribution in [0.1, 0.15) is 39.0 Å². The first-order chi connectivity index (χ1) is 9.88. The summed E-state index contributed by atoms with van der Waals surface area (Å²) in [5.74, 6) is 1.70. The molecule has 1 fully saturated rings. The van der Waals surface area contributed by atoms with E-state index in [-0.39, 0.29) is 0 Å². The fraction of sp³-hybridized carbons (Fsp3) is 0.643. The Kier molecular flexibility index (Phi) is 3.99. The zero-order chi connectivity index (χ0) is 13.8. The molecule has 3 rings (SSSR count). The van der Waals surface area contributed by atoms with Crippen molar-refractivity contribution in [2.45, 2.75) is 39.0 Å². The number of fused-ring (bicyclic) bond motifs is 1. The second kappa shape index (κ2) is 6.07. The molecule has 0 amide bonds. The monoisotopic (exact) mass is 274 g/mol. The van der Waals surface area contributed by atoms with Crippen molar-refractivity contribution >= 4 is 22.8 Å². The van der Waals surface area contributed by atoms with Crippen LogP contribution >= 0.6 is 0 Å². The number of aromatic amines is 1. The largest absolute Gasteiger partial charge is 0.356 e.